The summed E-state index contributed by atoms with van der Waals surface area (Å²) >= 11 is 0. The fraction of sp³-hybridized carbons (Fsp3) is 1.00. The second-order valence-corrected chi connectivity index (χ2v) is 2.43. The molecule has 2 atom stereocenters. The molecular formula is C6H12FNO. The first-order valence-electron chi connectivity index (χ1n) is 3.33. The molecule has 0 saturated carbocycles. The van der Waals surface area contributed by atoms with E-state index < -0.39 is 12.3 Å². The largest absolute Gasteiger partial charge is 0.389 e. The maximum atomic E-state index is 12.5. The van der Waals surface area contributed by atoms with Gasteiger partial charge in [-0.05, 0) is 19.4 Å². The summed E-state index contributed by atoms with van der Waals surface area (Å²) in [4.78, 5) is 0. The van der Waals surface area contributed by atoms with Gasteiger partial charge in [0.1, 0.15) is 6.17 Å². The monoisotopic (exact) mass is 133 g/mol. The molecule has 1 rings (SSSR count). The van der Waals surface area contributed by atoms with E-state index in [1.807, 2.05) is 0 Å². The molecular weight excluding hydrogens is 121 g/mol. The molecule has 3 heteroatoms. The Kier molecular flexibility index (Phi) is 2.42. The highest BCUT2D eigenvalue weighted by Crippen LogP contribution is 2.08. The molecule has 0 amide bonds. The molecule has 1 saturated heterocycles. The standard InChI is InChI=1S/C6H12FNO/c7-5-2-1-3-8-4-6(5)9/h5-6,8-9H,1-4H2. The molecule has 1 heterocycles. The number of nitrogens with one attached hydrogen (secondary N) is 1. The van der Waals surface area contributed by atoms with Crippen LogP contribution in [-0.4, -0.2) is 30.5 Å². The van der Waals surface area contributed by atoms with Crippen LogP contribution in [-0.2, 0) is 0 Å². The number of aliphatic hydroxyl groups is 1. The molecule has 2 nitrogen and oxygen atoms in total. The number of hydrogen-bond donors (Lipinski definition) is 2. The highest BCUT2D eigenvalue weighted by molar-refractivity contribution is 4.73. The van der Waals surface area contributed by atoms with E-state index in [4.69, 9.17) is 5.11 Å². The molecule has 1 aliphatic rings. The predicted molar refractivity (Wildman–Crippen MR) is 33.0 cm³/mol. The van der Waals surface area contributed by atoms with Crippen LogP contribution in [0.1, 0.15) is 12.8 Å². The summed E-state index contributed by atoms with van der Waals surface area (Å²) < 4.78 is 12.5. The molecule has 0 aromatic heterocycles. The Balaban J connectivity index is 2.32. The zero-order valence-corrected chi connectivity index (χ0v) is 5.31. The number of hydrogen-bond acceptors (Lipinski definition) is 2. The Morgan fingerprint density at radius 1 is 1.56 bits per heavy atom. The Morgan fingerprint density at radius 3 is 3.11 bits per heavy atom. The fourth-order valence-corrected chi connectivity index (χ4v) is 0.992. The second kappa shape index (κ2) is 3.13. The van der Waals surface area contributed by atoms with Crippen LogP contribution in [0.4, 0.5) is 4.39 Å². The van der Waals surface area contributed by atoms with Crippen molar-refractivity contribution in [1.82, 2.24) is 5.32 Å². The summed E-state index contributed by atoms with van der Waals surface area (Å²) in [5, 5.41) is 11.9. The summed E-state index contributed by atoms with van der Waals surface area (Å²) in [5.74, 6) is 0. The zero-order valence-electron chi connectivity index (χ0n) is 5.31. The molecule has 2 unspecified atom stereocenters. The van der Waals surface area contributed by atoms with E-state index in [9.17, 15) is 4.39 Å². The van der Waals surface area contributed by atoms with Crippen LogP contribution >= 0.6 is 0 Å². The van der Waals surface area contributed by atoms with E-state index in [-0.39, 0.29) is 0 Å². The van der Waals surface area contributed by atoms with Crippen LogP contribution in [0.2, 0.25) is 0 Å². The lowest BCUT2D eigenvalue weighted by molar-refractivity contribution is 0.0813. The number of alkyl halides is 1. The van der Waals surface area contributed by atoms with Crippen molar-refractivity contribution < 1.29 is 9.50 Å². The van der Waals surface area contributed by atoms with Crippen molar-refractivity contribution in [2.24, 2.45) is 0 Å². The second-order valence-electron chi connectivity index (χ2n) is 2.43. The summed E-state index contributed by atoms with van der Waals surface area (Å²) in [7, 11) is 0. The molecule has 0 spiro atoms. The van der Waals surface area contributed by atoms with Gasteiger partial charge in [0.05, 0.1) is 6.10 Å². The predicted octanol–water partition coefficient (Wildman–Crippen LogP) is 0.0688. The van der Waals surface area contributed by atoms with Crippen LogP contribution in [0.15, 0.2) is 0 Å². The van der Waals surface area contributed by atoms with Crippen LogP contribution < -0.4 is 5.32 Å². The Morgan fingerprint density at radius 2 is 2.33 bits per heavy atom. The van der Waals surface area contributed by atoms with E-state index in [0.29, 0.717) is 13.0 Å². The van der Waals surface area contributed by atoms with E-state index in [0.717, 1.165) is 13.0 Å². The lowest BCUT2D eigenvalue weighted by atomic mass is 10.1. The topological polar surface area (TPSA) is 32.3 Å². The highest BCUT2D eigenvalue weighted by atomic mass is 19.1. The van der Waals surface area contributed by atoms with Gasteiger partial charge in [0, 0.05) is 6.54 Å². The molecule has 0 aromatic rings. The van der Waals surface area contributed by atoms with Gasteiger partial charge in [0.2, 0.25) is 0 Å². The molecule has 54 valence electrons. The summed E-state index contributed by atoms with van der Waals surface area (Å²) in [6.07, 6.45) is -0.473. The van der Waals surface area contributed by atoms with Crippen molar-refractivity contribution in [2.75, 3.05) is 13.1 Å². The summed E-state index contributed by atoms with van der Waals surface area (Å²) in [6.45, 7) is 1.23. The Hall–Kier alpha value is -0.150. The van der Waals surface area contributed by atoms with Gasteiger partial charge in [-0.2, -0.15) is 0 Å². The smallest absolute Gasteiger partial charge is 0.127 e. The lowest BCUT2D eigenvalue weighted by Crippen LogP contribution is -2.30. The summed E-state index contributed by atoms with van der Waals surface area (Å²) in [6, 6.07) is 0. The molecule has 0 aliphatic carbocycles. The van der Waals surface area contributed by atoms with Gasteiger partial charge in [0.15, 0.2) is 0 Å². The summed E-state index contributed by atoms with van der Waals surface area (Å²) in [5.41, 5.74) is 0. The number of halogens is 1. The molecule has 1 fully saturated rings. The molecule has 1 aliphatic heterocycles. The molecule has 2 N–H and O–H groups in total. The van der Waals surface area contributed by atoms with Gasteiger partial charge < -0.3 is 10.4 Å². The molecule has 9 heavy (non-hydrogen) atoms. The maximum absolute atomic E-state index is 12.5. The maximum Gasteiger partial charge on any atom is 0.127 e. The van der Waals surface area contributed by atoms with Gasteiger partial charge >= 0.3 is 0 Å². The third-order valence-corrected chi connectivity index (χ3v) is 1.60. The van der Waals surface area contributed by atoms with Gasteiger partial charge in [-0.1, -0.05) is 0 Å². The van der Waals surface area contributed by atoms with Crippen molar-refractivity contribution in [3.05, 3.63) is 0 Å². The van der Waals surface area contributed by atoms with E-state index >= 15 is 0 Å². The average Bonchev–Trinajstić information content (AvgIpc) is 1.99. The van der Waals surface area contributed by atoms with E-state index in [1.54, 1.807) is 0 Å². The first-order chi connectivity index (χ1) is 4.30. The number of rotatable bonds is 0. The average molecular weight is 133 g/mol. The van der Waals surface area contributed by atoms with Crippen molar-refractivity contribution >= 4 is 0 Å². The van der Waals surface area contributed by atoms with Gasteiger partial charge in [-0.25, -0.2) is 4.39 Å². The van der Waals surface area contributed by atoms with Gasteiger partial charge in [-0.3, -0.25) is 0 Å². The van der Waals surface area contributed by atoms with Crippen molar-refractivity contribution in [3.63, 3.8) is 0 Å². The van der Waals surface area contributed by atoms with Gasteiger partial charge in [-0.15, -0.1) is 0 Å². The van der Waals surface area contributed by atoms with Crippen LogP contribution in [0.5, 0.6) is 0 Å². The minimum Gasteiger partial charge on any atom is -0.389 e. The minimum atomic E-state index is -1.01. The zero-order chi connectivity index (χ0) is 6.69. The van der Waals surface area contributed by atoms with Crippen molar-refractivity contribution in [2.45, 2.75) is 25.1 Å². The third-order valence-electron chi connectivity index (χ3n) is 1.60. The minimum absolute atomic E-state index is 0.404. The lowest BCUT2D eigenvalue weighted by Gasteiger charge is -2.09. The van der Waals surface area contributed by atoms with E-state index in [2.05, 4.69) is 5.32 Å². The van der Waals surface area contributed by atoms with Crippen molar-refractivity contribution in [3.8, 4) is 0 Å². The SMILES string of the molecule is OC1CNCCCC1F. The Labute approximate surface area is 54.1 Å². The Bertz CT molecular complexity index is 79.1. The van der Waals surface area contributed by atoms with Gasteiger partial charge in [0.25, 0.3) is 0 Å². The van der Waals surface area contributed by atoms with E-state index in [1.165, 1.54) is 0 Å². The number of aliphatic hydroxyl groups excluding tert-OH is 1. The van der Waals surface area contributed by atoms with Crippen LogP contribution in [0.3, 0.4) is 0 Å². The van der Waals surface area contributed by atoms with Crippen LogP contribution in [0.25, 0.3) is 0 Å². The highest BCUT2D eigenvalue weighted by Gasteiger charge is 2.19. The molecule has 0 bridgehead atoms. The molecule has 0 aromatic carbocycles. The quantitative estimate of drug-likeness (QED) is 0.490. The fourth-order valence-electron chi connectivity index (χ4n) is 0.992. The first kappa shape index (κ1) is 6.96. The third kappa shape index (κ3) is 1.91. The molecule has 0 radical (unpaired) electrons. The van der Waals surface area contributed by atoms with Crippen LogP contribution in [0, 0.1) is 0 Å². The first-order valence-corrected chi connectivity index (χ1v) is 3.33. The normalized spacial score (nSPS) is 38.0. The number of β-amino-alcohol motifs (C(OH)–C–C–N with tert-alkyl or cyclic N) is 1. The van der Waals surface area contributed by atoms with Crippen molar-refractivity contribution in [1.29, 1.82) is 0 Å².